The Labute approximate surface area is 166 Å². The zero-order valence-electron chi connectivity index (χ0n) is 13.5. The quantitative estimate of drug-likeness (QED) is 0.691. The van der Waals surface area contributed by atoms with Gasteiger partial charge in [-0.3, -0.25) is 4.90 Å². The molecule has 0 atom stereocenters. The van der Waals surface area contributed by atoms with E-state index in [-0.39, 0.29) is 30.9 Å². The Morgan fingerprint density at radius 3 is 1.46 bits per heavy atom. The van der Waals surface area contributed by atoms with Crippen molar-refractivity contribution in [3.63, 3.8) is 0 Å². The first-order valence-corrected chi connectivity index (χ1v) is 8.32. The molecule has 3 rings (SSSR count). The van der Waals surface area contributed by atoms with Crippen LogP contribution in [-0.4, -0.2) is 43.0 Å². The Kier molecular flexibility index (Phi) is 8.86. The minimum absolute atomic E-state index is 0. The third-order valence-electron chi connectivity index (χ3n) is 4.27. The zero-order chi connectivity index (χ0) is 15.5. The number of halogens is 4. The summed E-state index contributed by atoms with van der Waals surface area (Å²) in [5.74, 6) is 0. The number of hydrogen-bond donors (Lipinski definition) is 0. The highest BCUT2D eigenvalue weighted by molar-refractivity contribution is 6.30. The summed E-state index contributed by atoms with van der Waals surface area (Å²) in [7, 11) is 2.18. The molecule has 132 valence electrons. The molecule has 0 bridgehead atoms. The molecular formula is C18H22Cl4N2. The van der Waals surface area contributed by atoms with Gasteiger partial charge in [-0.15, -0.1) is 24.8 Å². The van der Waals surface area contributed by atoms with Crippen molar-refractivity contribution in [1.82, 2.24) is 9.80 Å². The van der Waals surface area contributed by atoms with Crippen LogP contribution in [0.25, 0.3) is 0 Å². The third-order valence-corrected chi connectivity index (χ3v) is 4.78. The van der Waals surface area contributed by atoms with E-state index in [9.17, 15) is 0 Å². The molecule has 0 unspecified atom stereocenters. The summed E-state index contributed by atoms with van der Waals surface area (Å²) in [4.78, 5) is 4.91. The molecule has 0 saturated carbocycles. The third kappa shape index (κ3) is 5.26. The van der Waals surface area contributed by atoms with Crippen molar-refractivity contribution in [2.75, 3.05) is 33.2 Å². The van der Waals surface area contributed by atoms with E-state index in [1.165, 1.54) is 11.1 Å². The monoisotopic (exact) mass is 406 g/mol. The van der Waals surface area contributed by atoms with Crippen molar-refractivity contribution in [1.29, 1.82) is 0 Å². The maximum atomic E-state index is 6.05. The van der Waals surface area contributed by atoms with Gasteiger partial charge in [0.25, 0.3) is 0 Å². The van der Waals surface area contributed by atoms with Crippen LogP contribution in [0.4, 0.5) is 0 Å². The van der Waals surface area contributed by atoms with Gasteiger partial charge in [0.2, 0.25) is 0 Å². The number of rotatable bonds is 3. The Hall–Kier alpha value is -0.480. The molecule has 0 radical (unpaired) electrons. The second-order valence-electron chi connectivity index (χ2n) is 5.84. The summed E-state index contributed by atoms with van der Waals surface area (Å²) in [6.45, 7) is 4.31. The van der Waals surface area contributed by atoms with Gasteiger partial charge < -0.3 is 4.90 Å². The molecule has 0 aliphatic carbocycles. The molecule has 2 nitrogen and oxygen atoms in total. The molecule has 0 amide bonds. The normalized spacial score (nSPS) is 15.7. The summed E-state index contributed by atoms with van der Waals surface area (Å²) in [6.07, 6.45) is 0. The average Bonchev–Trinajstić information content (AvgIpc) is 2.53. The van der Waals surface area contributed by atoms with Crippen LogP contribution in [0.3, 0.4) is 0 Å². The Morgan fingerprint density at radius 2 is 1.08 bits per heavy atom. The van der Waals surface area contributed by atoms with E-state index >= 15 is 0 Å². The fourth-order valence-corrected chi connectivity index (χ4v) is 3.24. The predicted molar refractivity (Wildman–Crippen MR) is 108 cm³/mol. The molecule has 0 spiro atoms. The van der Waals surface area contributed by atoms with E-state index in [0.717, 1.165) is 36.2 Å². The molecule has 0 N–H and O–H groups in total. The van der Waals surface area contributed by atoms with Crippen LogP contribution < -0.4 is 0 Å². The van der Waals surface area contributed by atoms with E-state index in [1.54, 1.807) is 0 Å². The second-order valence-corrected chi connectivity index (χ2v) is 6.72. The van der Waals surface area contributed by atoms with Gasteiger partial charge in [0.05, 0.1) is 6.04 Å². The maximum absolute atomic E-state index is 6.05. The molecule has 0 aromatic heterocycles. The zero-order valence-corrected chi connectivity index (χ0v) is 16.6. The molecule has 6 heteroatoms. The van der Waals surface area contributed by atoms with Gasteiger partial charge in [-0.1, -0.05) is 47.5 Å². The van der Waals surface area contributed by atoms with E-state index in [1.807, 2.05) is 24.3 Å². The first-order valence-electron chi connectivity index (χ1n) is 7.57. The van der Waals surface area contributed by atoms with E-state index in [4.69, 9.17) is 23.2 Å². The SMILES string of the molecule is CN1CCN(C(c2ccc(Cl)cc2)c2ccc(Cl)cc2)CC1.Cl.Cl. The number of hydrogen-bond acceptors (Lipinski definition) is 2. The lowest BCUT2D eigenvalue weighted by atomic mass is 9.96. The second kappa shape index (κ2) is 9.86. The van der Waals surface area contributed by atoms with Crippen molar-refractivity contribution in [2.24, 2.45) is 0 Å². The lowest BCUT2D eigenvalue weighted by Gasteiger charge is -2.38. The molecule has 1 aliphatic rings. The fraction of sp³-hybridized carbons (Fsp3) is 0.333. The van der Waals surface area contributed by atoms with Crippen LogP contribution in [0, 0.1) is 0 Å². The minimum Gasteiger partial charge on any atom is -0.304 e. The highest BCUT2D eigenvalue weighted by atomic mass is 35.5. The lowest BCUT2D eigenvalue weighted by Crippen LogP contribution is -2.46. The van der Waals surface area contributed by atoms with Crippen molar-refractivity contribution in [3.05, 3.63) is 69.7 Å². The van der Waals surface area contributed by atoms with Crippen molar-refractivity contribution < 1.29 is 0 Å². The predicted octanol–water partition coefficient (Wildman–Crippen LogP) is 5.17. The molecule has 2 aromatic carbocycles. The first kappa shape index (κ1) is 21.6. The molecule has 1 saturated heterocycles. The van der Waals surface area contributed by atoms with Crippen LogP contribution >= 0.6 is 48.0 Å². The lowest BCUT2D eigenvalue weighted by molar-refractivity contribution is 0.127. The van der Waals surface area contributed by atoms with Crippen molar-refractivity contribution >= 4 is 48.0 Å². The van der Waals surface area contributed by atoms with Gasteiger partial charge in [-0.2, -0.15) is 0 Å². The van der Waals surface area contributed by atoms with Gasteiger partial charge in [0.15, 0.2) is 0 Å². The van der Waals surface area contributed by atoms with Gasteiger partial charge >= 0.3 is 0 Å². The number of benzene rings is 2. The van der Waals surface area contributed by atoms with Gasteiger partial charge in [0.1, 0.15) is 0 Å². The molecule has 1 aliphatic heterocycles. The summed E-state index contributed by atoms with van der Waals surface area (Å²) in [6, 6.07) is 16.6. The van der Waals surface area contributed by atoms with Gasteiger partial charge in [0, 0.05) is 36.2 Å². The summed E-state index contributed by atoms with van der Waals surface area (Å²) in [5, 5.41) is 1.55. The molecule has 24 heavy (non-hydrogen) atoms. The summed E-state index contributed by atoms with van der Waals surface area (Å²) in [5.41, 5.74) is 2.55. The smallest absolute Gasteiger partial charge is 0.0602 e. The Morgan fingerprint density at radius 1 is 0.708 bits per heavy atom. The summed E-state index contributed by atoms with van der Waals surface area (Å²) >= 11 is 12.1. The minimum atomic E-state index is 0. The topological polar surface area (TPSA) is 6.48 Å². The Bertz CT molecular complexity index is 562. The van der Waals surface area contributed by atoms with E-state index in [2.05, 4.69) is 41.1 Å². The van der Waals surface area contributed by atoms with E-state index < -0.39 is 0 Å². The average molecular weight is 408 g/mol. The molecule has 2 aromatic rings. The Balaban J connectivity index is 0.00000144. The molecule has 1 heterocycles. The van der Waals surface area contributed by atoms with Crippen molar-refractivity contribution in [3.8, 4) is 0 Å². The van der Waals surface area contributed by atoms with E-state index in [0.29, 0.717) is 0 Å². The summed E-state index contributed by atoms with van der Waals surface area (Å²) < 4.78 is 0. The van der Waals surface area contributed by atoms with Crippen LogP contribution in [-0.2, 0) is 0 Å². The van der Waals surface area contributed by atoms with Crippen molar-refractivity contribution in [2.45, 2.75) is 6.04 Å². The standard InChI is InChI=1S/C18H20Cl2N2.2ClH/c1-21-10-12-22(13-11-21)18(14-2-6-16(19)7-3-14)15-4-8-17(20)9-5-15;;/h2-9,18H,10-13H2,1H3;2*1H. The van der Waals surface area contributed by atoms with Crippen LogP contribution in [0.15, 0.2) is 48.5 Å². The molecule has 1 fully saturated rings. The van der Waals surface area contributed by atoms with Gasteiger partial charge in [-0.25, -0.2) is 0 Å². The fourth-order valence-electron chi connectivity index (χ4n) is 2.98. The van der Waals surface area contributed by atoms with Crippen LogP contribution in [0.2, 0.25) is 10.0 Å². The first-order chi connectivity index (χ1) is 10.6. The maximum Gasteiger partial charge on any atom is 0.0602 e. The van der Waals surface area contributed by atoms with Gasteiger partial charge in [-0.05, 0) is 42.4 Å². The van der Waals surface area contributed by atoms with Crippen LogP contribution in [0.5, 0.6) is 0 Å². The number of piperazine rings is 1. The number of likely N-dealkylation sites (N-methyl/N-ethyl adjacent to an activating group) is 1. The highest BCUT2D eigenvalue weighted by Gasteiger charge is 2.25. The highest BCUT2D eigenvalue weighted by Crippen LogP contribution is 2.31. The number of nitrogens with zero attached hydrogens (tertiary/aromatic N) is 2. The largest absolute Gasteiger partial charge is 0.304 e. The van der Waals surface area contributed by atoms with Crippen LogP contribution in [0.1, 0.15) is 17.2 Å². The molecular weight excluding hydrogens is 386 g/mol.